The summed E-state index contributed by atoms with van der Waals surface area (Å²) < 4.78 is 39.8. The number of rotatable bonds is 5. The fourth-order valence-corrected chi connectivity index (χ4v) is 2.51. The molecule has 3 aromatic rings. The third-order valence-corrected chi connectivity index (χ3v) is 3.95. The summed E-state index contributed by atoms with van der Waals surface area (Å²) in [6.07, 6.45) is -4.74. The Labute approximate surface area is 164 Å². The molecule has 8 heteroatoms. The number of anilines is 1. The first-order valence-corrected chi connectivity index (χ1v) is 8.61. The summed E-state index contributed by atoms with van der Waals surface area (Å²) in [7, 11) is 0. The molecule has 0 aliphatic rings. The van der Waals surface area contributed by atoms with E-state index in [4.69, 9.17) is 0 Å². The third-order valence-electron chi connectivity index (χ3n) is 3.95. The number of pyridine rings is 1. The van der Waals surface area contributed by atoms with Crippen LogP contribution in [0.5, 0.6) is 0 Å². The van der Waals surface area contributed by atoms with Gasteiger partial charge in [-0.3, -0.25) is 9.59 Å². The van der Waals surface area contributed by atoms with Crippen molar-refractivity contribution in [2.45, 2.75) is 12.7 Å². The molecule has 0 radical (unpaired) electrons. The molecule has 0 aliphatic heterocycles. The number of benzene rings is 2. The van der Waals surface area contributed by atoms with Crippen molar-refractivity contribution in [1.82, 2.24) is 10.3 Å². The number of amides is 2. The van der Waals surface area contributed by atoms with Crippen LogP contribution < -0.4 is 10.6 Å². The Morgan fingerprint density at radius 3 is 1.97 bits per heavy atom. The second-order valence-electron chi connectivity index (χ2n) is 6.11. The Morgan fingerprint density at radius 2 is 1.38 bits per heavy atom. The second-order valence-corrected chi connectivity index (χ2v) is 6.11. The lowest BCUT2D eigenvalue weighted by Gasteiger charge is -2.12. The van der Waals surface area contributed by atoms with Gasteiger partial charge in [-0.25, -0.2) is 4.98 Å². The molecule has 1 aromatic heterocycles. The Hall–Kier alpha value is -3.68. The molecule has 0 fully saturated rings. The van der Waals surface area contributed by atoms with Gasteiger partial charge in [-0.15, -0.1) is 0 Å². The van der Waals surface area contributed by atoms with Gasteiger partial charge < -0.3 is 10.6 Å². The Kier molecular flexibility index (Phi) is 5.92. The summed E-state index contributed by atoms with van der Waals surface area (Å²) in [4.78, 5) is 28.6. The molecule has 3 rings (SSSR count). The Bertz CT molecular complexity index is 1010. The molecule has 0 unspecified atom stereocenters. The summed E-state index contributed by atoms with van der Waals surface area (Å²) in [5.74, 6) is -1.66. The van der Waals surface area contributed by atoms with Gasteiger partial charge in [0.15, 0.2) is 0 Å². The first kappa shape index (κ1) is 20.1. The maximum atomic E-state index is 13.3. The maximum absolute atomic E-state index is 13.3. The van der Waals surface area contributed by atoms with Crippen molar-refractivity contribution in [3.05, 3.63) is 95.3 Å². The standard InChI is InChI=1S/C21H16F3N3O2/c22-21(23,24)15-11-17(19(28)25-13-14-7-3-1-4-8-14)27-18(12-15)20(29)26-16-9-5-2-6-10-16/h1-12H,13H2,(H,25,28)(H,26,29). The first-order chi connectivity index (χ1) is 13.8. The summed E-state index contributed by atoms with van der Waals surface area (Å²) in [5, 5.41) is 4.97. The summed E-state index contributed by atoms with van der Waals surface area (Å²) in [6.45, 7) is 0.114. The number of hydrogen-bond donors (Lipinski definition) is 2. The van der Waals surface area contributed by atoms with E-state index in [1.54, 1.807) is 60.7 Å². The quantitative estimate of drug-likeness (QED) is 0.673. The highest BCUT2D eigenvalue weighted by Gasteiger charge is 2.33. The van der Waals surface area contributed by atoms with E-state index in [-0.39, 0.29) is 6.54 Å². The fourth-order valence-electron chi connectivity index (χ4n) is 2.51. The van der Waals surface area contributed by atoms with Gasteiger partial charge in [-0.2, -0.15) is 13.2 Å². The highest BCUT2D eigenvalue weighted by Crippen LogP contribution is 2.30. The molecule has 2 amide bonds. The fraction of sp³-hybridized carbons (Fsp3) is 0.0952. The molecule has 1 heterocycles. The van der Waals surface area contributed by atoms with Gasteiger partial charge in [-0.05, 0) is 29.8 Å². The number of nitrogens with one attached hydrogen (secondary N) is 2. The zero-order valence-electron chi connectivity index (χ0n) is 15.0. The molecule has 0 saturated carbocycles. The summed E-state index contributed by atoms with van der Waals surface area (Å²) in [5.41, 5.74) is -0.959. The summed E-state index contributed by atoms with van der Waals surface area (Å²) in [6, 6.07) is 18.3. The van der Waals surface area contributed by atoms with Gasteiger partial charge in [0.1, 0.15) is 11.4 Å². The Balaban J connectivity index is 1.85. The van der Waals surface area contributed by atoms with Gasteiger partial charge in [-0.1, -0.05) is 48.5 Å². The molecule has 0 bridgehead atoms. The van der Waals surface area contributed by atoms with Gasteiger partial charge in [0, 0.05) is 12.2 Å². The van der Waals surface area contributed by atoms with Crippen LogP contribution in [0, 0.1) is 0 Å². The van der Waals surface area contributed by atoms with Crippen molar-refractivity contribution >= 4 is 17.5 Å². The average Bonchev–Trinajstić information content (AvgIpc) is 2.72. The number of carbonyl (C=O) groups is 2. The van der Waals surface area contributed by atoms with Crippen LogP contribution in [-0.4, -0.2) is 16.8 Å². The van der Waals surface area contributed by atoms with E-state index in [9.17, 15) is 22.8 Å². The van der Waals surface area contributed by atoms with Crippen LogP contribution in [0.1, 0.15) is 32.1 Å². The zero-order chi connectivity index (χ0) is 20.9. The van der Waals surface area contributed by atoms with Crippen LogP contribution in [0.15, 0.2) is 72.8 Å². The molecule has 0 atom stereocenters. The molecular weight excluding hydrogens is 383 g/mol. The lowest BCUT2D eigenvalue weighted by molar-refractivity contribution is -0.137. The molecule has 0 aliphatic carbocycles. The molecule has 2 N–H and O–H groups in total. The lowest BCUT2D eigenvalue weighted by Crippen LogP contribution is -2.26. The lowest BCUT2D eigenvalue weighted by atomic mass is 10.1. The van der Waals surface area contributed by atoms with E-state index in [1.807, 2.05) is 0 Å². The van der Waals surface area contributed by atoms with Crippen molar-refractivity contribution in [2.24, 2.45) is 0 Å². The number of para-hydroxylation sites is 1. The molecule has 29 heavy (non-hydrogen) atoms. The van der Waals surface area contributed by atoms with Gasteiger partial charge in [0.05, 0.1) is 5.56 Å². The number of halogens is 3. The maximum Gasteiger partial charge on any atom is 0.416 e. The number of aromatic nitrogens is 1. The zero-order valence-corrected chi connectivity index (χ0v) is 15.0. The van der Waals surface area contributed by atoms with Gasteiger partial charge in [0.2, 0.25) is 0 Å². The van der Waals surface area contributed by atoms with Crippen molar-refractivity contribution in [2.75, 3.05) is 5.32 Å². The van der Waals surface area contributed by atoms with Crippen molar-refractivity contribution in [1.29, 1.82) is 0 Å². The minimum absolute atomic E-state index is 0.114. The van der Waals surface area contributed by atoms with Crippen LogP contribution in [0.3, 0.4) is 0 Å². The number of nitrogens with zero attached hydrogens (tertiary/aromatic N) is 1. The van der Waals surface area contributed by atoms with Gasteiger partial charge >= 0.3 is 6.18 Å². The Morgan fingerprint density at radius 1 is 0.828 bits per heavy atom. The average molecular weight is 399 g/mol. The molecule has 5 nitrogen and oxygen atoms in total. The molecule has 0 spiro atoms. The minimum atomic E-state index is -4.74. The molecule has 148 valence electrons. The highest BCUT2D eigenvalue weighted by molar-refractivity contribution is 6.04. The molecular formula is C21H16F3N3O2. The monoisotopic (exact) mass is 399 g/mol. The van der Waals surface area contributed by atoms with E-state index in [0.717, 1.165) is 5.56 Å². The largest absolute Gasteiger partial charge is 0.416 e. The minimum Gasteiger partial charge on any atom is -0.347 e. The van der Waals surface area contributed by atoms with Crippen molar-refractivity contribution in [3.8, 4) is 0 Å². The number of alkyl halides is 3. The SMILES string of the molecule is O=C(NCc1ccccc1)c1cc(C(F)(F)F)cc(C(=O)Nc2ccccc2)n1. The third kappa shape index (κ3) is 5.41. The second kappa shape index (κ2) is 8.55. The van der Waals surface area contributed by atoms with E-state index in [2.05, 4.69) is 15.6 Å². The predicted octanol–water partition coefficient (Wildman–Crippen LogP) is 4.28. The van der Waals surface area contributed by atoms with Crippen LogP contribution in [-0.2, 0) is 12.7 Å². The van der Waals surface area contributed by atoms with E-state index >= 15 is 0 Å². The van der Waals surface area contributed by atoms with Crippen LogP contribution >= 0.6 is 0 Å². The number of hydrogen-bond acceptors (Lipinski definition) is 3. The summed E-state index contributed by atoms with van der Waals surface area (Å²) >= 11 is 0. The van der Waals surface area contributed by atoms with Crippen molar-refractivity contribution < 1.29 is 22.8 Å². The van der Waals surface area contributed by atoms with E-state index < -0.39 is 34.9 Å². The van der Waals surface area contributed by atoms with E-state index in [1.165, 1.54) is 0 Å². The first-order valence-electron chi connectivity index (χ1n) is 8.61. The highest BCUT2D eigenvalue weighted by atomic mass is 19.4. The molecule has 2 aromatic carbocycles. The smallest absolute Gasteiger partial charge is 0.347 e. The topological polar surface area (TPSA) is 71.1 Å². The van der Waals surface area contributed by atoms with Crippen molar-refractivity contribution in [3.63, 3.8) is 0 Å². The van der Waals surface area contributed by atoms with Crippen LogP contribution in [0.25, 0.3) is 0 Å². The number of carbonyl (C=O) groups excluding carboxylic acids is 2. The van der Waals surface area contributed by atoms with Crippen LogP contribution in [0.2, 0.25) is 0 Å². The molecule has 0 saturated heterocycles. The van der Waals surface area contributed by atoms with Crippen LogP contribution in [0.4, 0.5) is 18.9 Å². The normalized spacial score (nSPS) is 11.0. The predicted molar refractivity (Wildman–Crippen MR) is 101 cm³/mol. The van der Waals surface area contributed by atoms with E-state index in [0.29, 0.717) is 17.8 Å². The van der Waals surface area contributed by atoms with Gasteiger partial charge in [0.25, 0.3) is 11.8 Å².